The first-order chi connectivity index (χ1) is 7.66. The van der Waals surface area contributed by atoms with Crippen molar-refractivity contribution in [1.29, 1.82) is 0 Å². The maximum atomic E-state index is 11.7. The first kappa shape index (κ1) is 10.4. The fourth-order valence-electron chi connectivity index (χ4n) is 1.47. The minimum atomic E-state index is -0.215. The quantitative estimate of drug-likeness (QED) is 0.839. The fraction of sp³-hybridized carbons (Fsp3) is 0.167. The number of carbonyl (C=O) groups is 1. The number of aromatic nitrogens is 1. The van der Waals surface area contributed by atoms with E-state index in [4.69, 9.17) is 0 Å². The zero-order valence-corrected chi connectivity index (χ0v) is 9.15. The predicted octanol–water partition coefficient (Wildman–Crippen LogP) is 2.54. The normalized spacial score (nSPS) is 10.1. The van der Waals surface area contributed by atoms with E-state index in [-0.39, 0.29) is 5.91 Å². The topological polar surface area (TPSA) is 55.1 Å². The molecule has 0 saturated heterocycles. The molecule has 1 heterocycles. The molecule has 0 aliphatic rings. The van der Waals surface area contributed by atoms with Gasteiger partial charge in [0, 0.05) is 5.69 Å². The first-order valence-corrected chi connectivity index (χ1v) is 4.95. The highest BCUT2D eigenvalue weighted by Gasteiger charge is 2.09. The Morgan fingerprint density at radius 3 is 2.81 bits per heavy atom. The number of anilines is 1. The Kier molecular flexibility index (Phi) is 2.72. The third-order valence-corrected chi connectivity index (χ3v) is 2.32. The van der Waals surface area contributed by atoms with Gasteiger partial charge in [-0.25, -0.2) is 0 Å². The number of benzene rings is 1. The molecule has 0 bridgehead atoms. The number of rotatable bonds is 2. The van der Waals surface area contributed by atoms with Gasteiger partial charge < -0.3 is 9.84 Å². The molecule has 0 atom stereocenters. The van der Waals surface area contributed by atoms with Crippen molar-refractivity contribution in [3.05, 3.63) is 47.3 Å². The maximum Gasteiger partial charge on any atom is 0.260 e. The molecule has 2 rings (SSSR count). The van der Waals surface area contributed by atoms with E-state index in [1.54, 1.807) is 0 Å². The minimum absolute atomic E-state index is 0.215. The molecule has 0 radical (unpaired) electrons. The van der Waals surface area contributed by atoms with Crippen LogP contribution in [0.3, 0.4) is 0 Å². The van der Waals surface area contributed by atoms with E-state index in [2.05, 4.69) is 15.0 Å². The van der Waals surface area contributed by atoms with E-state index in [9.17, 15) is 4.79 Å². The van der Waals surface area contributed by atoms with Crippen LogP contribution in [-0.4, -0.2) is 11.1 Å². The molecular weight excluding hydrogens is 204 g/mol. The smallest absolute Gasteiger partial charge is 0.260 e. The molecule has 4 nitrogen and oxygen atoms in total. The van der Waals surface area contributed by atoms with Gasteiger partial charge in [0.15, 0.2) is 0 Å². The van der Waals surface area contributed by atoms with Crippen molar-refractivity contribution in [2.75, 3.05) is 5.32 Å². The number of hydrogen-bond donors (Lipinski definition) is 1. The molecule has 0 spiro atoms. The molecule has 2 aromatic rings. The Morgan fingerprint density at radius 1 is 1.38 bits per heavy atom. The molecular formula is C12H12N2O2. The number of hydrogen-bond acceptors (Lipinski definition) is 3. The molecule has 1 N–H and O–H groups in total. The Labute approximate surface area is 93.3 Å². The molecule has 0 aliphatic carbocycles. The van der Waals surface area contributed by atoms with Gasteiger partial charge in [-0.15, -0.1) is 0 Å². The zero-order valence-electron chi connectivity index (χ0n) is 9.15. The molecule has 82 valence electrons. The second-order valence-corrected chi connectivity index (χ2v) is 3.69. The fourth-order valence-corrected chi connectivity index (χ4v) is 1.47. The second kappa shape index (κ2) is 4.18. The van der Waals surface area contributed by atoms with Crippen LogP contribution in [0.4, 0.5) is 5.69 Å². The summed E-state index contributed by atoms with van der Waals surface area (Å²) in [6, 6.07) is 5.86. The SMILES string of the molecule is Cc1ccc(NC(=O)c2cnoc2)c(C)c1. The molecule has 1 amide bonds. The molecule has 1 aromatic heterocycles. The lowest BCUT2D eigenvalue weighted by molar-refractivity contribution is 0.102. The second-order valence-electron chi connectivity index (χ2n) is 3.69. The summed E-state index contributed by atoms with van der Waals surface area (Å²) in [7, 11) is 0. The number of nitrogens with zero attached hydrogens (tertiary/aromatic N) is 1. The molecule has 0 fully saturated rings. The van der Waals surface area contributed by atoms with E-state index in [1.807, 2.05) is 32.0 Å². The van der Waals surface area contributed by atoms with Crippen LogP contribution in [0.1, 0.15) is 21.5 Å². The number of amides is 1. The highest BCUT2D eigenvalue weighted by molar-refractivity contribution is 6.04. The summed E-state index contributed by atoms with van der Waals surface area (Å²) < 4.78 is 4.61. The lowest BCUT2D eigenvalue weighted by atomic mass is 10.1. The Hall–Kier alpha value is -2.10. The van der Waals surface area contributed by atoms with Crippen molar-refractivity contribution in [1.82, 2.24) is 5.16 Å². The Balaban J connectivity index is 2.18. The van der Waals surface area contributed by atoms with Crippen molar-refractivity contribution in [2.45, 2.75) is 13.8 Å². The Bertz CT molecular complexity index is 504. The van der Waals surface area contributed by atoms with Gasteiger partial charge in [0.05, 0.1) is 11.8 Å². The van der Waals surface area contributed by atoms with Gasteiger partial charge in [0.25, 0.3) is 5.91 Å². The summed E-state index contributed by atoms with van der Waals surface area (Å²) in [6.07, 6.45) is 2.71. The molecule has 0 saturated carbocycles. The summed E-state index contributed by atoms with van der Waals surface area (Å²) in [6.45, 7) is 3.97. The number of nitrogens with one attached hydrogen (secondary N) is 1. The van der Waals surface area contributed by atoms with Gasteiger partial charge >= 0.3 is 0 Å². The minimum Gasteiger partial charge on any atom is -0.364 e. The van der Waals surface area contributed by atoms with Gasteiger partial charge in [-0.3, -0.25) is 4.79 Å². The maximum absolute atomic E-state index is 11.7. The van der Waals surface area contributed by atoms with E-state index >= 15 is 0 Å². The van der Waals surface area contributed by atoms with E-state index < -0.39 is 0 Å². The van der Waals surface area contributed by atoms with Crippen LogP contribution in [0, 0.1) is 13.8 Å². The van der Waals surface area contributed by atoms with Crippen LogP contribution in [0.25, 0.3) is 0 Å². The average Bonchev–Trinajstić information content (AvgIpc) is 2.75. The van der Waals surface area contributed by atoms with E-state index in [1.165, 1.54) is 18.0 Å². The van der Waals surface area contributed by atoms with Gasteiger partial charge in [-0.2, -0.15) is 0 Å². The van der Waals surface area contributed by atoms with E-state index in [0.29, 0.717) is 5.56 Å². The van der Waals surface area contributed by atoms with Crippen LogP contribution in [-0.2, 0) is 0 Å². The monoisotopic (exact) mass is 216 g/mol. The summed E-state index contributed by atoms with van der Waals surface area (Å²) in [5.41, 5.74) is 3.42. The van der Waals surface area contributed by atoms with E-state index in [0.717, 1.165) is 11.3 Å². The Morgan fingerprint density at radius 2 is 2.19 bits per heavy atom. The van der Waals surface area contributed by atoms with Crippen molar-refractivity contribution in [3.63, 3.8) is 0 Å². The molecule has 1 aromatic carbocycles. The highest BCUT2D eigenvalue weighted by atomic mass is 16.5. The van der Waals surface area contributed by atoms with Crippen LogP contribution < -0.4 is 5.32 Å². The van der Waals surface area contributed by atoms with Crippen LogP contribution in [0.2, 0.25) is 0 Å². The molecule has 4 heteroatoms. The largest absolute Gasteiger partial charge is 0.364 e. The van der Waals surface area contributed by atoms with Gasteiger partial charge in [-0.1, -0.05) is 22.9 Å². The molecule has 16 heavy (non-hydrogen) atoms. The molecule has 0 unspecified atom stereocenters. The third-order valence-electron chi connectivity index (χ3n) is 2.32. The summed E-state index contributed by atoms with van der Waals surface area (Å²) >= 11 is 0. The third kappa shape index (κ3) is 2.11. The van der Waals surface area contributed by atoms with Gasteiger partial charge in [0.1, 0.15) is 6.26 Å². The van der Waals surface area contributed by atoms with Gasteiger partial charge in [0.2, 0.25) is 0 Å². The molecule has 0 aliphatic heterocycles. The lowest BCUT2D eigenvalue weighted by Crippen LogP contribution is -2.11. The number of aryl methyl sites for hydroxylation is 2. The van der Waals surface area contributed by atoms with Crippen molar-refractivity contribution in [2.24, 2.45) is 0 Å². The van der Waals surface area contributed by atoms with Crippen LogP contribution in [0.15, 0.2) is 35.2 Å². The van der Waals surface area contributed by atoms with Crippen molar-refractivity contribution in [3.8, 4) is 0 Å². The average molecular weight is 216 g/mol. The van der Waals surface area contributed by atoms with Crippen LogP contribution in [0.5, 0.6) is 0 Å². The first-order valence-electron chi connectivity index (χ1n) is 4.95. The van der Waals surface area contributed by atoms with Crippen molar-refractivity contribution < 1.29 is 9.32 Å². The van der Waals surface area contributed by atoms with Crippen molar-refractivity contribution >= 4 is 11.6 Å². The summed E-state index contributed by atoms with van der Waals surface area (Å²) in [4.78, 5) is 11.7. The summed E-state index contributed by atoms with van der Waals surface area (Å²) in [5, 5.41) is 6.29. The van der Waals surface area contributed by atoms with Crippen LogP contribution >= 0.6 is 0 Å². The highest BCUT2D eigenvalue weighted by Crippen LogP contribution is 2.16. The number of carbonyl (C=O) groups excluding carboxylic acids is 1. The zero-order chi connectivity index (χ0) is 11.5. The van der Waals surface area contributed by atoms with Gasteiger partial charge in [-0.05, 0) is 25.5 Å². The standard InChI is InChI=1S/C12H12N2O2/c1-8-3-4-11(9(2)5-8)14-12(15)10-6-13-16-7-10/h3-7H,1-2H3,(H,14,15). The predicted molar refractivity (Wildman–Crippen MR) is 60.4 cm³/mol. The lowest BCUT2D eigenvalue weighted by Gasteiger charge is -2.07. The summed E-state index contributed by atoms with van der Waals surface area (Å²) in [5.74, 6) is -0.215.